The Hall–Kier alpha value is 0.679. The third-order valence-corrected chi connectivity index (χ3v) is 10.3. The van der Waals surface area contributed by atoms with Gasteiger partial charge in [-0.3, -0.25) is 0 Å². The molecule has 0 bridgehead atoms. The van der Waals surface area contributed by atoms with Gasteiger partial charge in [0.1, 0.15) is 0 Å². The van der Waals surface area contributed by atoms with E-state index in [-0.39, 0.29) is 0 Å². The van der Waals surface area contributed by atoms with E-state index in [1.54, 1.807) is 0 Å². The molecule has 23 heavy (non-hydrogen) atoms. The van der Waals surface area contributed by atoms with Gasteiger partial charge in [-0.05, 0) is 0 Å². The summed E-state index contributed by atoms with van der Waals surface area (Å²) in [6.07, 6.45) is 14.9. The van der Waals surface area contributed by atoms with Crippen molar-refractivity contribution in [2.75, 3.05) is 19.8 Å². The Kier molecular flexibility index (Phi) is 18.0. The molecule has 0 atom stereocenters. The standard InChI is InChI=1S/3C6H13O.CH3.Sn/c3*1-2-3-4-5-6-7;;/h3*2-6H2,1H3;1H3;/q3*-1;;+3. The average Bonchev–Trinajstić information content (AvgIpc) is 2.54. The van der Waals surface area contributed by atoms with Crippen LogP contribution in [0.3, 0.4) is 0 Å². The molecule has 140 valence electrons. The molecule has 3 nitrogen and oxygen atoms in total. The molecule has 0 unspecified atom stereocenters. The fourth-order valence-electron chi connectivity index (χ4n) is 2.48. The normalized spacial score (nSPS) is 12.0. The summed E-state index contributed by atoms with van der Waals surface area (Å²) in [4.78, 5) is 2.15. The Morgan fingerprint density at radius 2 is 0.783 bits per heavy atom. The second-order valence-electron chi connectivity index (χ2n) is 6.59. The molecule has 0 amide bonds. The second kappa shape index (κ2) is 17.5. The van der Waals surface area contributed by atoms with Crippen LogP contribution in [-0.4, -0.2) is 39.4 Å². The molecule has 0 saturated heterocycles. The van der Waals surface area contributed by atoms with Gasteiger partial charge in [0, 0.05) is 0 Å². The molecule has 0 aliphatic rings. The van der Waals surface area contributed by atoms with Crippen molar-refractivity contribution in [1.29, 1.82) is 0 Å². The van der Waals surface area contributed by atoms with Crippen molar-refractivity contribution in [3.05, 3.63) is 0 Å². The Balaban J connectivity index is 4.00. The van der Waals surface area contributed by atoms with E-state index in [4.69, 9.17) is 9.22 Å². The number of hydrogen-bond acceptors (Lipinski definition) is 3. The SMILES string of the molecule is CCCCCC[O][Sn]([CH3])([O]CCCCCC)[O]CCCCCC. The van der Waals surface area contributed by atoms with Crippen LogP contribution in [0.1, 0.15) is 97.8 Å². The van der Waals surface area contributed by atoms with Crippen LogP contribution in [-0.2, 0) is 9.22 Å². The third-order valence-electron chi connectivity index (χ3n) is 4.09. The van der Waals surface area contributed by atoms with E-state index in [1.165, 1.54) is 57.8 Å². The van der Waals surface area contributed by atoms with Crippen LogP contribution in [0.5, 0.6) is 0 Å². The zero-order valence-electron chi connectivity index (χ0n) is 16.3. The zero-order chi connectivity index (χ0) is 17.2. The first kappa shape index (κ1) is 23.7. The average molecular weight is 437 g/mol. The van der Waals surface area contributed by atoms with E-state index < -0.39 is 19.6 Å². The van der Waals surface area contributed by atoms with E-state index >= 15 is 0 Å². The predicted molar refractivity (Wildman–Crippen MR) is 102 cm³/mol. The Morgan fingerprint density at radius 1 is 0.478 bits per heavy atom. The van der Waals surface area contributed by atoms with Gasteiger partial charge < -0.3 is 0 Å². The van der Waals surface area contributed by atoms with Crippen molar-refractivity contribution < 1.29 is 9.22 Å². The summed E-state index contributed by atoms with van der Waals surface area (Å²) in [5, 5.41) is 0. The first-order valence-electron chi connectivity index (χ1n) is 10.1. The molecule has 0 heterocycles. The summed E-state index contributed by atoms with van der Waals surface area (Å²) >= 11 is -3.24. The van der Waals surface area contributed by atoms with Gasteiger partial charge in [-0.1, -0.05) is 0 Å². The van der Waals surface area contributed by atoms with Crippen LogP contribution in [0.4, 0.5) is 0 Å². The van der Waals surface area contributed by atoms with Gasteiger partial charge in [0.25, 0.3) is 0 Å². The molecule has 0 aliphatic carbocycles. The summed E-state index contributed by atoms with van der Waals surface area (Å²) < 4.78 is 18.5. The Labute approximate surface area is 151 Å². The summed E-state index contributed by atoms with van der Waals surface area (Å²) in [5.74, 6) is 0. The van der Waals surface area contributed by atoms with Crippen LogP contribution in [0.25, 0.3) is 0 Å². The van der Waals surface area contributed by atoms with Crippen LogP contribution >= 0.6 is 0 Å². The van der Waals surface area contributed by atoms with Gasteiger partial charge in [-0.25, -0.2) is 0 Å². The van der Waals surface area contributed by atoms with Crippen molar-refractivity contribution >= 4 is 19.6 Å². The van der Waals surface area contributed by atoms with Crippen molar-refractivity contribution in [3.8, 4) is 0 Å². The summed E-state index contributed by atoms with van der Waals surface area (Å²) in [6.45, 7) is 9.17. The van der Waals surface area contributed by atoms with Gasteiger partial charge >= 0.3 is 151 Å². The molecule has 0 aromatic rings. The molecule has 0 aromatic heterocycles. The first-order valence-corrected chi connectivity index (χ1v) is 16.4. The third kappa shape index (κ3) is 15.9. The molecule has 4 heteroatoms. The molecule has 0 saturated carbocycles. The van der Waals surface area contributed by atoms with Crippen molar-refractivity contribution in [3.63, 3.8) is 0 Å². The van der Waals surface area contributed by atoms with Gasteiger partial charge in [0.05, 0.1) is 0 Å². The predicted octanol–water partition coefficient (Wildman–Crippen LogP) is 6.35. The second-order valence-corrected chi connectivity index (χ2v) is 14.0. The van der Waals surface area contributed by atoms with Crippen molar-refractivity contribution in [1.82, 2.24) is 0 Å². The molecule has 0 aliphatic heterocycles. The van der Waals surface area contributed by atoms with Crippen LogP contribution in [0, 0.1) is 0 Å². The maximum absolute atomic E-state index is 6.15. The van der Waals surface area contributed by atoms with Gasteiger partial charge in [0.15, 0.2) is 0 Å². The van der Waals surface area contributed by atoms with Crippen molar-refractivity contribution in [2.24, 2.45) is 0 Å². The Bertz CT molecular complexity index is 201. The molecule has 0 spiro atoms. The molecule has 0 rings (SSSR count). The number of rotatable bonds is 18. The van der Waals surface area contributed by atoms with Gasteiger partial charge in [0.2, 0.25) is 0 Å². The van der Waals surface area contributed by atoms with E-state index in [0.717, 1.165) is 39.1 Å². The minimum absolute atomic E-state index is 0.816. The summed E-state index contributed by atoms with van der Waals surface area (Å²) in [7, 11) is 0. The molecule has 0 fully saturated rings. The van der Waals surface area contributed by atoms with Crippen LogP contribution in [0.2, 0.25) is 4.94 Å². The molecule has 0 N–H and O–H groups in total. The monoisotopic (exact) mass is 438 g/mol. The van der Waals surface area contributed by atoms with E-state index in [1.807, 2.05) is 0 Å². The summed E-state index contributed by atoms with van der Waals surface area (Å²) in [5.41, 5.74) is 0. The fourth-order valence-corrected chi connectivity index (χ4v) is 7.61. The van der Waals surface area contributed by atoms with E-state index in [9.17, 15) is 0 Å². The van der Waals surface area contributed by atoms with Crippen LogP contribution < -0.4 is 0 Å². The van der Waals surface area contributed by atoms with Gasteiger partial charge in [-0.15, -0.1) is 0 Å². The number of hydrogen-bond donors (Lipinski definition) is 0. The summed E-state index contributed by atoms with van der Waals surface area (Å²) in [6, 6.07) is 0. The molecular formula is C19H42O3Sn. The van der Waals surface area contributed by atoms with Crippen LogP contribution in [0.15, 0.2) is 0 Å². The fraction of sp³-hybridized carbons (Fsp3) is 1.00. The first-order chi connectivity index (χ1) is 11.2. The Morgan fingerprint density at radius 3 is 1.04 bits per heavy atom. The van der Waals surface area contributed by atoms with E-state index in [0.29, 0.717) is 0 Å². The van der Waals surface area contributed by atoms with Gasteiger partial charge in [-0.2, -0.15) is 0 Å². The molecule has 0 radical (unpaired) electrons. The minimum atomic E-state index is -3.24. The maximum atomic E-state index is 6.15. The zero-order valence-corrected chi connectivity index (χ0v) is 19.2. The van der Waals surface area contributed by atoms with E-state index in [2.05, 4.69) is 25.7 Å². The quantitative estimate of drug-likeness (QED) is 0.185. The molecular weight excluding hydrogens is 395 g/mol. The molecule has 0 aromatic carbocycles. The topological polar surface area (TPSA) is 27.7 Å². The van der Waals surface area contributed by atoms with Crippen molar-refractivity contribution in [2.45, 2.75) is 103 Å². The number of unbranched alkanes of at least 4 members (excludes halogenated alkanes) is 9.